The fourth-order valence-corrected chi connectivity index (χ4v) is 3.73. The number of hydrogen-bond acceptors (Lipinski definition) is 5. The number of rotatable bonds is 6. The van der Waals surface area contributed by atoms with Gasteiger partial charge in [0.1, 0.15) is 0 Å². The van der Waals surface area contributed by atoms with Crippen LogP contribution in [0.25, 0.3) is 10.9 Å². The monoisotopic (exact) mass is 395 g/mol. The van der Waals surface area contributed by atoms with Gasteiger partial charge in [-0.15, -0.1) is 0 Å². The van der Waals surface area contributed by atoms with Crippen molar-refractivity contribution in [1.29, 1.82) is 0 Å². The van der Waals surface area contributed by atoms with Crippen molar-refractivity contribution in [2.24, 2.45) is 0 Å². The molecule has 1 aromatic heterocycles. The zero-order valence-corrected chi connectivity index (χ0v) is 16.7. The molecule has 0 saturated carbocycles. The highest BCUT2D eigenvalue weighted by Gasteiger charge is 2.19. The van der Waals surface area contributed by atoms with Crippen LogP contribution < -0.4 is 10.9 Å². The number of carbonyl (C=O) groups is 2. The summed E-state index contributed by atoms with van der Waals surface area (Å²) in [6.07, 6.45) is 0. The minimum absolute atomic E-state index is 0.0262. The van der Waals surface area contributed by atoms with Gasteiger partial charge in [-0.1, -0.05) is 23.9 Å². The molecule has 3 aromatic rings. The number of anilines is 1. The molecule has 0 saturated heterocycles. The highest BCUT2D eigenvalue weighted by molar-refractivity contribution is 8.00. The van der Waals surface area contributed by atoms with Gasteiger partial charge >= 0.3 is 0 Å². The van der Waals surface area contributed by atoms with E-state index in [9.17, 15) is 14.4 Å². The first-order valence-electron chi connectivity index (χ1n) is 8.98. The number of aromatic nitrogens is 2. The highest BCUT2D eigenvalue weighted by Crippen LogP contribution is 2.23. The van der Waals surface area contributed by atoms with E-state index in [4.69, 9.17) is 0 Å². The van der Waals surface area contributed by atoms with Crippen molar-refractivity contribution < 1.29 is 9.59 Å². The maximum Gasteiger partial charge on any atom is 0.262 e. The number of nitrogens with zero attached hydrogens (tertiary/aromatic N) is 2. The molecule has 144 valence electrons. The van der Waals surface area contributed by atoms with Gasteiger partial charge in [-0.05, 0) is 57.2 Å². The average Bonchev–Trinajstić information content (AvgIpc) is 2.68. The van der Waals surface area contributed by atoms with Gasteiger partial charge in [-0.2, -0.15) is 0 Å². The van der Waals surface area contributed by atoms with Crippen molar-refractivity contribution >= 4 is 40.0 Å². The molecule has 6 nitrogen and oxygen atoms in total. The van der Waals surface area contributed by atoms with Gasteiger partial charge < -0.3 is 5.32 Å². The standard InChI is InChI=1S/C21H21N3O3S/c1-4-24-20(27)17-7-5-6-8-18(17)23-21(24)28-14(3)19(26)22-16-11-9-15(10-12-16)13(2)25/h5-12,14H,4H2,1-3H3,(H,22,26)/t14-/m0/s1. The number of Topliss-reactive ketones (excluding diaryl/α,β-unsaturated/α-hetero) is 1. The summed E-state index contributed by atoms with van der Waals surface area (Å²) in [6.45, 7) is 5.62. The lowest BCUT2D eigenvalue weighted by Gasteiger charge is -2.15. The summed E-state index contributed by atoms with van der Waals surface area (Å²) in [4.78, 5) is 41.2. The SMILES string of the molecule is CCn1c(S[C@@H](C)C(=O)Nc2ccc(C(C)=O)cc2)nc2ccccc2c1=O. The fraction of sp³-hybridized carbons (Fsp3) is 0.238. The van der Waals surface area contributed by atoms with Crippen LogP contribution in [0.3, 0.4) is 0 Å². The van der Waals surface area contributed by atoms with Crippen molar-refractivity contribution in [3.05, 3.63) is 64.4 Å². The third-order valence-corrected chi connectivity index (χ3v) is 5.44. The number of carbonyl (C=O) groups excluding carboxylic acids is 2. The van der Waals surface area contributed by atoms with Crippen molar-refractivity contribution in [2.45, 2.75) is 37.7 Å². The summed E-state index contributed by atoms with van der Waals surface area (Å²) in [5.41, 5.74) is 1.71. The predicted octanol–water partition coefficient (Wildman–Crippen LogP) is 3.74. The first-order chi connectivity index (χ1) is 13.4. The van der Waals surface area contributed by atoms with Crippen LogP contribution in [0.5, 0.6) is 0 Å². The second kappa shape index (κ2) is 8.39. The van der Waals surface area contributed by atoms with Crippen LogP contribution in [0, 0.1) is 0 Å². The summed E-state index contributed by atoms with van der Waals surface area (Å²) in [5, 5.41) is 3.45. The molecule has 0 aliphatic carbocycles. The van der Waals surface area contributed by atoms with Gasteiger partial charge in [0.05, 0.1) is 16.2 Å². The number of nitrogens with one attached hydrogen (secondary N) is 1. The minimum atomic E-state index is -0.460. The van der Waals surface area contributed by atoms with E-state index >= 15 is 0 Å². The molecule has 0 spiro atoms. The van der Waals surface area contributed by atoms with E-state index < -0.39 is 5.25 Å². The van der Waals surface area contributed by atoms with E-state index in [2.05, 4.69) is 10.3 Å². The normalized spacial score (nSPS) is 12.0. The molecule has 1 atom stereocenters. The average molecular weight is 395 g/mol. The lowest BCUT2D eigenvalue weighted by Crippen LogP contribution is -2.26. The Kier molecular flexibility index (Phi) is 5.94. The van der Waals surface area contributed by atoms with E-state index in [1.807, 2.05) is 19.1 Å². The highest BCUT2D eigenvalue weighted by atomic mass is 32.2. The molecular weight excluding hydrogens is 374 g/mol. The summed E-state index contributed by atoms with van der Waals surface area (Å²) >= 11 is 1.24. The zero-order valence-electron chi connectivity index (χ0n) is 15.9. The number of para-hydroxylation sites is 1. The third kappa shape index (κ3) is 4.14. The molecule has 1 heterocycles. The van der Waals surface area contributed by atoms with Gasteiger partial charge in [0, 0.05) is 17.8 Å². The second-order valence-electron chi connectivity index (χ2n) is 6.34. The fourth-order valence-electron chi connectivity index (χ4n) is 2.76. The lowest BCUT2D eigenvalue weighted by atomic mass is 10.1. The Bertz CT molecular complexity index is 1090. The number of amides is 1. The maximum absolute atomic E-state index is 12.7. The van der Waals surface area contributed by atoms with Crippen LogP contribution in [0.2, 0.25) is 0 Å². The van der Waals surface area contributed by atoms with Crippen LogP contribution in [-0.2, 0) is 11.3 Å². The number of benzene rings is 2. The summed E-state index contributed by atoms with van der Waals surface area (Å²) in [7, 11) is 0. The van der Waals surface area contributed by atoms with E-state index in [1.165, 1.54) is 18.7 Å². The maximum atomic E-state index is 12.7. The molecular formula is C21H21N3O3S. The van der Waals surface area contributed by atoms with Crippen LogP contribution in [0.1, 0.15) is 31.1 Å². The quantitative estimate of drug-likeness (QED) is 0.391. The molecule has 1 N–H and O–H groups in total. The molecule has 1 amide bonds. The molecule has 0 aliphatic heterocycles. The first kappa shape index (κ1) is 19.8. The van der Waals surface area contributed by atoms with Gasteiger partial charge in [-0.25, -0.2) is 4.98 Å². The van der Waals surface area contributed by atoms with E-state index in [0.717, 1.165) is 0 Å². The Morgan fingerprint density at radius 3 is 2.46 bits per heavy atom. The topological polar surface area (TPSA) is 81.1 Å². The number of fused-ring (bicyclic) bond motifs is 1. The number of ketones is 1. The first-order valence-corrected chi connectivity index (χ1v) is 9.86. The van der Waals surface area contributed by atoms with Crippen molar-refractivity contribution in [1.82, 2.24) is 9.55 Å². The van der Waals surface area contributed by atoms with Crippen LogP contribution in [-0.4, -0.2) is 26.5 Å². The van der Waals surface area contributed by atoms with E-state index in [0.29, 0.717) is 33.9 Å². The van der Waals surface area contributed by atoms with E-state index in [1.54, 1.807) is 47.9 Å². The third-order valence-electron chi connectivity index (χ3n) is 4.35. The number of hydrogen-bond donors (Lipinski definition) is 1. The van der Waals surface area contributed by atoms with Crippen LogP contribution >= 0.6 is 11.8 Å². The van der Waals surface area contributed by atoms with Gasteiger partial charge in [0.25, 0.3) is 5.56 Å². The molecule has 0 radical (unpaired) electrons. The van der Waals surface area contributed by atoms with Crippen LogP contribution in [0.15, 0.2) is 58.5 Å². The van der Waals surface area contributed by atoms with Gasteiger partial charge in [-0.3, -0.25) is 19.0 Å². The minimum Gasteiger partial charge on any atom is -0.325 e. The summed E-state index contributed by atoms with van der Waals surface area (Å²) in [5.74, 6) is -0.229. The van der Waals surface area contributed by atoms with Gasteiger partial charge in [0.15, 0.2) is 10.9 Å². The Morgan fingerprint density at radius 1 is 1.14 bits per heavy atom. The molecule has 28 heavy (non-hydrogen) atoms. The molecule has 0 aliphatic rings. The summed E-state index contributed by atoms with van der Waals surface area (Å²) < 4.78 is 1.58. The predicted molar refractivity (Wildman–Crippen MR) is 112 cm³/mol. The van der Waals surface area contributed by atoms with Crippen molar-refractivity contribution in [3.8, 4) is 0 Å². The van der Waals surface area contributed by atoms with E-state index in [-0.39, 0.29) is 17.2 Å². The van der Waals surface area contributed by atoms with Crippen molar-refractivity contribution in [2.75, 3.05) is 5.32 Å². The molecule has 0 bridgehead atoms. The molecule has 3 rings (SSSR count). The second-order valence-corrected chi connectivity index (χ2v) is 7.65. The Balaban J connectivity index is 1.80. The Labute approximate surface area is 167 Å². The lowest BCUT2D eigenvalue weighted by molar-refractivity contribution is -0.115. The zero-order chi connectivity index (χ0) is 20.3. The smallest absolute Gasteiger partial charge is 0.262 e. The molecule has 0 fully saturated rings. The Morgan fingerprint density at radius 2 is 1.82 bits per heavy atom. The van der Waals surface area contributed by atoms with Crippen molar-refractivity contribution in [3.63, 3.8) is 0 Å². The molecule has 2 aromatic carbocycles. The largest absolute Gasteiger partial charge is 0.325 e. The number of thioether (sulfide) groups is 1. The Hall–Kier alpha value is -2.93. The molecule has 7 heteroatoms. The molecule has 0 unspecified atom stereocenters. The summed E-state index contributed by atoms with van der Waals surface area (Å²) in [6, 6.07) is 13.9. The van der Waals surface area contributed by atoms with Crippen LogP contribution in [0.4, 0.5) is 5.69 Å². The van der Waals surface area contributed by atoms with Gasteiger partial charge in [0.2, 0.25) is 5.91 Å².